The van der Waals surface area contributed by atoms with Crippen molar-refractivity contribution < 1.29 is 4.79 Å². The van der Waals surface area contributed by atoms with Gasteiger partial charge in [0.1, 0.15) is 6.04 Å². The molecule has 1 aliphatic rings. The van der Waals surface area contributed by atoms with E-state index in [1.54, 1.807) is 0 Å². The molecule has 1 saturated heterocycles. The number of benzene rings is 1. The summed E-state index contributed by atoms with van der Waals surface area (Å²) in [6, 6.07) is 8.10. The normalized spacial score (nSPS) is 24.8. The van der Waals surface area contributed by atoms with Crippen LogP contribution in [0.2, 0.25) is 0 Å². The molecular weight excluding hydrogens is 238 g/mol. The molecule has 0 saturated carbocycles. The lowest BCUT2D eigenvalue weighted by molar-refractivity contribution is -0.125. The summed E-state index contributed by atoms with van der Waals surface area (Å²) in [7, 11) is 1.97. The lowest BCUT2D eigenvalue weighted by atomic mass is 10.0. The first-order valence-electron chi connectivity index (χ1n) is 6.91. The molecule has 4 nitrogen and oxygen atoms in total. The van der Waals surface area contributed by atoms with E-state index in [9.17, 15) is 4.79 Å². The minimum atomic E-state index is -0.207. The third-order valence-electron chi connectivity index (χ3n) is 3.90. The van der Waals surface area contributed by atoms with Crippen molar-refractivity contribution in [3.05, 3.63) is 29.8 Å². The van der Waals surface area contributed by atoms with Crippen LogP contribution in [0.25, 0.3) is 0 Å². The second-order valence-corrected chi connectivity index (χ2v) is 5.23. The second kappa shape index (κ2) is 5.72. The molecule has 1 amide bonds. The molecule has 1 heterocycles. The van der Waals surface area contributed by atoms with Crippen molar-refractivity contribution in [2.45, 2.75) is 32.4 Å². The van der Waals surface area contributed by atoms with E-state index in [0.717, 1.165) is 18.7 Å². The number of likely N-dealkylation sites (N-methyl/N-ethyl adjacent to an activating group) is 1. The fourth-order valence-corrected chi connectivity index (χ4v) is 2.87. The van der Waals surface area contributed by atoms with Gasteiger partial charge in [-0.2, -0.15) is 0 Å². The number of carbonyl (C=O) groups excluding carboxylic acids is 1. The lowest BCUT2D eigenvalue weighted by Crippen LogP contribution is -2.62. The van der Waals surface area contributed by atoms with Crippen LogP contribution in [-0.4, -0.2) is 43.0 Å². The average Bonchev–Trinajstić information content (AvgIpc) is 2.39. The summed E-state index contributed by atoms with van der Waals surface area (Å²) >= 11 is 0. The molecule has 0 bridgehead atoms. The zero-order valence-electron chi connectivity index (χ0n) is 12.0. The number of amides is 1. The van der Waals surface area contributed by atoms with Crippen LogP contribution in [0.15, 0.2) is 24.3 Å². The minimum Gasteiger partial charge on any atom is -0.328 e. The van der Waals surface area contributed by atoms with E-state index in [1.807, 2.05) is 30.1 Å². The first-order valence-corrected chi connectivity index (χ1v) is 6.91. The van der Waals surface area contributed by atoms with E-state index in [1.165, 1.54) is 5.56 Å². The molecule has 0 radical (unpaired) electrons. The molecule has 1 aromatic carbocycles. The van der Waals surface area contributed by atoms with E-state index >= 15 is 0 Å². The first kappa shape index (κ1) is 14.0. The van der Waals surface area contributed by atoms with Gasteiger partial charge in [-0.05, 0) is 32.0 Å². The Morgan fingerprint density at radius 2 is 2.05 bits per heavy atom. The molecule has 0 aromatic heterocycles. The molecule has 1 fully saturated rings. The highest BCUT2D eigenvalue weighted by molar-refractivity contribution is 5.99. The highest BCUT2D eigenvalue weighted by atomic mass is 16.2. The van der Waals surface area contributed by atoms with E-state index in [4.69, 9.17) is 5.73 Å². The SMILES string of the molecule is CCc1ccccc1N1C(=O)C(CN)N(C)CC1C. The number of aryl methyl sites for hydroxylation is 1. The number of nitrogens with zero attached hydrogens (tertiary/aromatic N) is 2. The number of para-hydroxylation sites is 1. The predicted octanol–water partition coefficient (Wildman–Crippen LogP) is 1.24. The van der Waals surface area contributed by atoms with Gasteiger partial charge in [0, 0.05) is 24.8 Å². The summed E-state index contributed by atoms with van der Waals surface area (Å²) in [5.74, 6) is 0.115. The zero-order valence-corrected chi connectivity index (χ0v) is 12.0. The van der Waals surface area contributed by atoms with Gasteiger partial charge in [-0.15, -0.1) is 0 Å². The maximum absolute atomic E-state index is 12.7. The lowest BCUT2D eigenvalue weighted by Gasteiger charge is -2.43. The Bertz CT molecular complexity index is 460. The largest absolute Gasteiger partial charge is 0.328 e. The van der Waals surface area contributed by atoms with Crippen molar-refractivity contribution in [3.8, 4) is 0 Å². The Morgan fingerprint density at radius 1 is 1.37 bits per heavy atom. The van der Waals surface area contributed by atoms with Crippen LogP contribution < -0.4 is 10.6 Å². The molecule has 2 N–H and O–H groups in total. The van der Waals surface area contributed by atoms with Crippen molar-refractivity contribution >= 4 is 11.6 Å². The standard InChI is InChI=1S/C15H23N3O/c1-4-12-7-5-6-8-13(12)18-11(2)10-17(3)14(9-16)15(18)19/h5-8,11,14H,4,9-10,16H2,1-3H3. The first-order chi connectivity index (χ1) is 9.10. The van der Waals surface area contributed by atoms with E-state index in [-0.39, 0.29) is 18.0 Å². The highest BCUT2D eigenvalue weighted by Gasteiger charge is 2.37. The monoisotopic (exact) mass is 261 g/mol. The predicted molar refractivity (Wildman–Crippen MR) is 78.2 cm³/mol. The molecule has 2 unspecified atom stereocenters. The van der Waals surface area contributed by atoms with Crippen molar-refractivity contribution in [3.63, 3.8) is 0 Å². The van der Waals surface area contributed by atoms with Crippen molar-refractivity contribution in [2.75, 3.05) is 25.0 Å². The van der Waals surface area contributed by atoms with Crippen LogP contribution in [-0.2, 0) is 11.2 Å². The van der Waals surface area contributed by atoms with Crippen LogP contribution in [0, 0.1) is 0 Å². The van der Waals surface area contributed by atoms with E-state index < -0.39 is 0 Å². The number of hydrogen-bond donors (Lipinski definition) is 1. The van der Waals surface area contributed by atoms with Gasteiger partial charge < -0.3 is 10.6 Å². The van der Waals surface area contributed by atoms with E-state index in [0.29, 0.717) is 6.54 Å². The molecule has 4 heteroatoms. The number of nitrogens with two attached hydrogens (primary N) is 1. The van der Waals surface area contributed by atoms with Crippen LogP contribution in [0.3, 0.4) is 0 Å². The molecule has 104 valence electrons. The maximum Gasteiger partial charge on any atom is 0.245 e. The molecule has 19 heavy (non-hydrogen) atoms. The molecule has 1 aliphatic heterocycles. The van der Waals surface area contributed by atoms with Gasteiger partial charge in [-0.25, -0.2) is 0 Å². The summed E-state index contributed by atoms with van der Waals surface area (Å²) < 4.78 is 0. The van der Waals surface area contributed by atoms with Crippen LogP contribution in [0.1, 0.15) is 19.4 Å². The average molecular weight is 261 g/mol. The molecule has 0 spiro atoms. The van der Waals surface area contributed by atoms with Gasteiger partial charge in [0.05, 0.1) is 0 Å². The third-order valence-corrected chi connectivity index (χ3v) is 3.90. The molecular formula is C15H23N3O. The summed E-state index contributed by atoms with van der Waals surface area (Å²) in [6.07, 6.45) is 0.926. The van der Waals surface area contributed by atoms with Crippen molar-refractivity contribution in [1.82, 2.24) is 4.90 Å². The Morgan fingerprint density at radius 3 is 2.68 bits per heavy atom. The third kappa shape index (κ3) is 2.51. The van der Waals surface area contributed by atoms with Crippen LogP contribution in [0.5, 0.6) is 0 Å². The number of rotatable bonds is 3. The number of hydrogen-bond acceptors (Lipinski definition) is 3. The van der Waals surface area contributed by atoms with Gasteiger partial charge in [0.25, 0.3) is 0 Å². The van der Waals surface area contributed by atoms with Crippen molar-refractivity contribution in [1.29, 1.82) is 0 Å². The minimum absolute atomic E-state index is 0.115. The van der Waals surface area contributed by atoms with E-state index in [2.05, 4.69) is 24.8 Å². The smallest absolute Gasteiger partial charge is 0.245 e. The Labute approximate surface area is 115 Å². The second-order valence-electron chi connectivity index (χ2n) is 5.23. The summed E-state index contributed by atoms with van der Waals surface area (Å²) in [5, 5.41) is 0. The van der Waals surface area contributed by atoms with Gasteiger partial charge in [-0.1, -0.05) is 25.1 Å². The molecule has 1 aromatic rings. The van der Waals surface area contributed by atoms with Crippen LogP contribution in [0.4, 0.5) is 5.69 Å². The van der Waals surface area contributed by atoms with Gasteiger partial charge >= 0.3 is 0 Å². The molecule has 2 rings (SSSR count). The topological polar surface area (TPSA) is 49.6 Å². The molecule has 0 aliphatic carbocycles. The van der Waals surface area contributed by atoms with Crippen LogP contribution >= 0.6 is 0 Å². The molecule has 2 atom stereocenters. The van der Waals surface area contributed by atoms with Gasteiger partial charge in [-0.3, -0.25) is 9.69 Å². The quantitative estimate of drug-likeness (QED) is 0.890. The number of piperazine rings is 1. The number of carbonyl (C=O) groups is 1. The fraction of sp³-hybridized carbons (Fsp3) is 0.533. The van der Waals surface area contributed by atoms with Crippen molar-refractivity contribution in [2.24, 2.45) is 5.73 Å². The Kier molecular flexibility index (Phi) is 4.22. The summed E-state index contributed by atoms with van der Waals surface area (Å²) in [4.78, 5) is 16.6. The highest BCUT2D eigenvalue weighted by Crippen LogP contribution is 2.27. The Balaban J connectivity index is 2.39. The number of anilines is 1. The summed E-state index contributed by atoms with van der Waals surface area (Å²) in [5.41, 5.74) is 8.00. The van der Waals surface area contributed by atoms with Gasteiger partial charge in [0.15, 0.2) is 0 Å². The summed E-state index contributed by atoms with van der Waals surface area (Å²) in [6.45, 7) is 5.43. The van der Waals surface area contributed by atoms with Gasteiger partial charge in [0.2, 0.25) is 5.91 Å². The zero-order chi connectivity index (χ0) is 14.0. The maximum atomic E-state index is 12.7. The Hall–Kier alpha value is -1.39. The fourth-order valence-electron chi connectivity index (χ4n) is 2.87.